The summed E-state index contributed by atoms with van der Waals surface area (Å²) in [5, 5.41) is 1.06. The molecule has 0 atom stereocenters. The second-order valence-corrected chi connectivity index (χ2v) is 5.43. The van der Waals surface area contributed by atoms with Gasteiger partial charge in [0, 0.05) is 23.4 Å². The van der Waals surface area contributed by atoms with Gasteiger partial charge < -0.3 is 15.4 Å². The molecular weight excluding hydrogens is 325 g/mol. The van der Waals surface area contributed by atoms with E-state index in [1.165, 1.54) is 18.2 Å². The van der Waals surface area contributed by atoms with Gasteiger partial charge >= 0.3 is 0 Å². The first kappa shape index (κ1) is 16.5. The first-order chi connectivity index (χ1) is 10.5. The number of pyridine rings is 1. The zero-order valence-electron chi connectivity index (χ0n) is 11.9. The quantitative estimate of drug-likeness (QED) is 0.908. The van der Waals surface area contributed by atoms with Crippen molar-refractivity contribution in [1.82, 2.24) is 4.98 Å². The molecule has 1 aromatic carbocycles. The zero-order chi connectivity index (χ0) is 16.1. The molecule has 0 unspecified atom stereocenters. The normalized spacial score (nSPS) is 10.5. The molecule has 116 valence electrons. The molecule has 0 aliphatic carbocycles. The van der Waals surface area contributed by atoms with Crippen molar-refractivity contribution < 1.29 is 9.53 Å². The summed E-state index contributed by atoms with van der Waals surface area (Å²) in [5.74, 6) is -0.252. The van der Waals surface area contributed by atoms with Crippen LogP contribution in [0, 0.1) is 0 Å². The van der Waals surface area contributed by atoms with E-state index in [1.54, 1.807) is 30.5 Å². The number of benzene rings is 1. The molecule has 1 aromatic heterocycles. The SMILES string of the molecule is COCC(=O)N(Cc1cc(Cl)ccc1Cl)c1cnccc1N. The highest BCUT2D eigenvalue weighted by Crippen LogP contribution is 2.27. The van der Waals surface area contributed by atoms with Crippen molar-refractivity contribution in [3.05, 3.63) is 52.3 Å². The molecular formula is C15H15Cl2N3O2. The van der Waals surface area contributed by atoms with Crippen LogP contribution in [0.5, 0.6) is 0 Å². The fourth-order valence-electron chi connectivity index (χ4n) is 1.97. The van der Waals surface area contributed by atoms with Gasteiger partial charge in [-0.25, -0.2) is 0 Å². The summed E-state index contributed by atoms with van der Waals surface area (Å²) in [6.45, 7) is 0.143. The zero-order valence-corrected chi connectivity index (χ0v) is 13.4. The third-order valence-corrected chi connectivity index (χ3v) is 3.63. The molecule has 5 nitrogen and oxygen atoms in total. The highest BCUT2D eigenvalue weighted by molar-refractivity contribution is 6.33. The van der Waals surface area contributed by atoms with Crippen LogP contribution in [-0.2, 0) is 16.1 Å². The summed E-state index contributed by atoms with van der Waals surface area (Å²) in [5.41, 5.74) is 7.60. The second kappa shape index (κ2) is 7.45. The number of aromatic nitrogens is 1. The molecule has 2 rings (SSSR count). The standard InChI is InChI=1S/C15H15Cl2N3O2/c1-22-9-15(21)20(14-7-19-5-4-13(14)18)8-10-6-11(16)2-3-12(10)17/h2-7H,8-9H2,1H3,(H2,18,19). The van der Waals surface area contributed by atoms with Crippen LogP contribution >= 0.6 is 23.2 Å². The number of nitrogens with two attached hydrogens (primary N) is 1. The predicted molar refractivity (Wildman–Crippen MR) is 88.2 cm³/mol. The average Bonchev–Trinajstić information content (AvgIpc) is 2.49. The molecule has 0 spiro atoms. The number of nitrogen functional groups attached to an aromatic ring is 1. The largest absolute Gasteiger partial charge is 0.397 e. The van der Waals surface area contributed by atoms with Crippen molar-refractivity contribution in [2.24, 2.45) is 0 Å². The van der Waals surface area contributed by atoms with Crippen molar-refractivity contribution in [3.8, 4) is 0 Å². The number of methoxy groups -OCH3 is 1. The van der Waals surface area contributed by atoms with Gasteiger partial charge in [-0.05, 0) is 29.8 Å². The minimum atomic E-state index is -0.252. The summed E-state index contributed by atoms with van der Waals surface area (Å²) in [7, 11) is 1.45. The van der Waals surface area contributed by atoms with Crippen LogP contribution in [0.4, 0.5) is 11.4 Å². The molecule has 1 heterocycles. The van der Waals surface area contributed by atoms with Crippen LogP contribution in [-0.4, -0.2) is 24.6 Å². The fourth-order valence-corrected chi connectivity index (χ4v) is 2.34. The Morgan fingerprint density at radius 1 is 1.36 bits per heavy atom. The summed E-state index contributed by atoms with van der Waals surface area (Å²) in [6, 6.07) is 6.71. The van der Waals surface area contributed by atoms with E-state index < -0.39 is 0 Å². The Kier molecular flexibility index (Phi) is 5.60. The molecule has 0 bridgehead atoms. The highest BCUT2D eigenvalue weighted by atomic mass is 35.5. The highest BCUT2D eigenvalue weighted by Gasteiger charge is 2.19. The van der Waals surface area contributed by atoms with Crippen LogP contribution < -0.4 is 10.6 Å². The lowest BCUT2D eigenvalue weighted by molar-refractivity contribution is -0.122. The Morgan fingerprint density at radius 3 is 2.82 bits per heavy atom. The molecule has 0 radical (unpaired) electrons. The summed E-state index contributed by atoms with van der Waals surface area (Å²) < 4.78 is 4.93. The van der Waals surface area contributed by atoms with Gasteiger partial charge in [-0.1, -0.05) is 23.2 Å². The van der Waals surface area contributed by atoms with E-state index in [9.17, 15) is 4.79 Å². The molecule has 22 heavy (non-hydrogen) atoms. The number of ether oxygens (including phenoxy) is 1. The lowest BCUT2D eigenvalue weighted by atomic mass is 10.2. The van der Waals surface area contributed by atoms with Gasteiger partial charge in [0.05, 0.1) is 24.1 Å². The Hall–Kier alpha value is -1.82. The Bertz CT molecular complexity index is 680. The van der Waals surface area contributed by atoms with E-state index in [4.69, 9.17) is 33.7 Å². The lowest BCUT2D eigenvalue weighted by Gasteiger charge is -2.24. The van der Waals surface area contributed by atoms with E-state index in [0.717, 1.165) is 0 Å². The summed E-state index contributed by atoms with van der Waals surface area (Å²) >= 11 is 12.2. The monoisotopic (exact) mass is 339 g/mol. The van der Waals surface area contributed by atoms with Gasteiger partial charge in [0.15, 0.2) is 0 Å². The molecule has 0 saturated carbocycles. The molecule has 1 amide bonds. The number of hydrogen-bond donors (Lipinski definition) is 1. The summed E-state index contributed by atoms with van der Waals surface area (Å²) in [6.07, 6.45) is 3.09. The van der Waals surface area contributed by atoms with Crippen molar-refractivity contribution >= 4 is 40.5 Å². The van der Waals surface area contributed by atoms with Crippen LogP contribution in [0.1, 0.15) is 5.56 Å². The maximum atomic E-state index is 12.3. The van der Waals surface area contributed by atoms with Crippen molar-refractivity contribution in [2.75, 3.05) is 24.4 Å². The van der Waals surface area contributed by atoms with Crippen LogP contribution in [0.15, 0.2) is 36.7 Å². The number of carbonyl (C=O) groups is 1. The number of anilines is 2. The first-order valence-electron chi connectivity index (χ1n) is 6.45. The molecule has 2 N–H and O–H groups in total. The minimum absolute atomic E-state index is 0.0769. The lowest BCUT2D eigenvalue weighted by Crippen LogP contribution is -2.34. The summed E-state index contributed by atoms with van der Waals surface area (Å²) in [4.78, 5) is 17.8. The Labute approximate surface area is 138 Å². The van der Waals surface area contributed by atoms with Gasteiger partial charge in [-0.2, -0.15) is 0 Å². The van der Waals surface area contributed by atoms with Crippen LogP contribution in [0.2, 0.25) is 10.0 Å². The maximum absolute atomic E-state index is 12.3. The van der Waals surface area contributed by atoms with Crippen LogP contribution in [0.25, 0.3) is 0 Å². The number of halogens is 2. The molecule has 0 aliphatic rings. The number of nitrogens with zero attached hydrogens (tertiary/aromatic N) is 2. The maximum Gasteiger partial charge on any atom is 0.253 e. The van der Waals surface area contributed by atoms with Gasteiger partial charge in [0.2, 0.25) is 0 Å². The Balaban J connectivity index is 2.39. The molecule has 0 aliphatic heterocycles. The molecule has 0 saturated heterocycles. The second-order valence-electron chi connectivity index (χ2n) is 4.58. The molecule has 0 fully saturated rings. The number of amides is 1. The van der Waals surface area contributed by atoms with Crippen molar-refractivity contribution in [1.29, 1.82) is 0 Å². The Morgan fingerprint density at radius 2 is 2.14 bits per heavy atom. The van der Waals surface area contributed by atoms with Crippen molar-refractivity contribution in [2.45, 2.75) is 6.54 Å². The van der Waals surface area contributed by atoms with Gasteiger partial charge in [-0.3, -0.25) is 9.78 Å². The minimum Gasteiger partial charge on any atom is -0.397 e. The topological polar surface area (TPSA) is 68.5 Å². The molecule has 2 aromatic rings. The molecule has 7 heteroatoms. The average molecular weight is 340 g/mol. The third kappa shape index (κ3) is 3.88. The van der Waals surface area contributed by atoms with E-state index in [1.807, 2.05) is 0 Å². The number of hydrogen-bond acceptors (Lipinski definition) is 4. The number of carbonyl (C=O) groups excluding carboxylic acids is 1. The predicted octanol–water partition coefficient (Wildman–Crippen LogP) is 3.15. The smallest absolute Gasteiger partial charge is 0.253 e. The van der Waals surface area contributed by atoms with E-state index >= 15 is 0 Å². The van der Waals surface area contributed by atoms with E-state index in [0.29, 0.717) is 27.0 Å². The van der Waals surface area contributed by atoms with Gasteiger partial charge in [0.25, 0.3) is 5.91 Å². The first-order valence-corrected chi connectivity index (χ1v) is 7.21. The fraction of sp³-hybridized carbons (Fsp3) is 0.200. The van der Waals surface area contributed by atoms with Crippen LogP contribution in [0.3, 0.4) is 0 Å². The van der Waals surface area contributed by atoms with Crippen molar-refractivity contribution in [3.63, 3.8) is 0 Å². The van der Waals surface area contributed by atoms with Gasteiger partial charge in [-0.15, -0.1) is 0 Å². The van der Waals surface area contributed by atoms with Gasteiger partial charge in [0.1, 0.15) is 6.61 Å². The van der Waals surface area contributed by atoms with E-state index in [2.05, 4.69) is 4.98 Å². The van der Waals surface area contributed by atoms with E-state index in [-0.39, 0.29) is 19.1 Å². The third-order valence-electron chi connectivity index (χ3n) is 3.03. The number of rotatable bonds is 5.